The number of carbonyl (C=O) groups excluding carboxylic acids is 2. The third-order valence-corrected chi connectivity index (χ3v) is 3.98. The molecule has 3 rings (SSSR count). The summed E-state index contributed by atoms with van der Waals surface area (Å²) in [6.07, 6.45) is 3.00. The molecule has 1 aromatic heterocycles. The molecule has 0 radical (unpaired) electrons. The molecule has 6 nitrogen and oxygen atoms in total. The van der Waals surface area contributed by atoms with E-state index in [-0.39, 0.29) is 18.5 Å². The number of hydrogen-bond acceptors (Lipinski definition) is 6. The van der Waals surface area contributed by atoms with Gasteiger partial charge in [-0.15, -0.1) is 11.3 Å². The molecule has 118 valence electrons. The van der Waals surface area contributed by atoms with Crippen LogP contribution in [0.2, 0.25) is 0 Å². The van der Waals surface area contributed by atoms with Crippen LogP contribution < -0.4 is 14.8 Å². The highest BCUT2D eigenvalue weighted by atomic mass is 32.1. The van der Waals surface area contributed by atoms with Gasteiger partial charge in [-0.3, -0.25) is 9.59 Å². The summed E-state index contributed by atoms with van der Waals surface area (Å²) in [5.41, 5.74) is 1.49. The van der Waals surface area contributed by atoms with Gasteiger partial charge >= 0.3 is 0 Å². The van der Waals surface area contributed by atoms with Crippen molar-refractivity contribution in [2.45, 2.75) is 13.8 Å². The molecular weight excluding hydrogens is 316 g/mol. The molecule has 0 atom stereocenters. The van der Waals surface area contributed by atoms with Crippen molar-refractivity contribution in [2.24, 2.45) is 0 Å². The molecule has 0 saturated heterocycles. The van der Waals surface area contributed by atoms with Crippen molar-refractivity contribution in [1.82, 2.24) is 4.98 Å². The maximum atomic E-state index is 12.1. The predicted octanol–water partition coefficient (Wildman–Crippen LogP) is 3.03. The van der Waals surface area contributed by atoms with Gasteiger partial charge in [-0.1, -0.05) is 0 Å². The second-order valence-corrected chi connectivity index (χ2v) is 5.98. The SMILES string of the molecule is CC(=O)c1cc2c(cc1NC(=O)/C=C/c1csc(C)n1)OCO2. The zero-order chi connectivity index (χ0) is 16.4. The number of aryl methyl sites for hydroxylation is 1. The third kappa shape index (κ3) is 3.40. The molecule has 1 N–H and O–H groups in total. The lowest BCUT2D eigenvalue weighted by atomic mass is 10.1. The maximum absolute atomic E-state index is 12.1. The number of Topliss-reactive ketones (excluding diaryl/α,β-unsaturated/α-hetero) is 1. The predicted molar refractivity (Wildman–Crippen MR) is 87.1 cm³/mol. The fourth-order valence-corrected chi connectivity index (χ4v) is 2.71. The number of hydrogen-bond donors (Lipinski definition) is 1. The van der Waals surface area contributed by atoms with Crippen molar-refractivity contribution >= 4 is 34.8 Å². The molecule has 2 aromatic rings. The average Bonchev–Trinajstić information content (AvgIpc) is 3.12. The van der Waals surface area contributed by atoms with E-state index in [1.165, 1.54) is 24.3 Å². The first kappa shape index (κ1) is 15.2. The molecule has 1 aliphatic rings. The van der Waals surface area contributed by atoms with E-state index < -0.39 is 0 Å². The minimum Gasteiger partial charge on any atom is -0.454 e. The number of fused-ring (bicyclic) bond motifs is 1. The molecule has 0 spiro atoms. The van der Waals surface area contributed by atoms with E-state index in [1.807, 2.05) is 12.3 Å². The van der Waals surface area contributed by atoms with Gasteiger partial charge in [-0.25, -0.2) is 4.98 Å². The number of carbonyl (C=O) groups is 2. The normalized spacial score (nSPS) is 12.6. The number of ketones is 1. The standard InChI is InChI=1S/C16H14N2O4S/c1-9(19)12-5-14-15(22-8-21-14)6-13(12)18-16(20)4-3-11-7-23-10(2)17-11/h3-7H,8H2,1-2H3,(H,18,20)/b4-3+. The Morgan fingerprint density at radius 3 is 2.70 bits per heavy atom. The third-order valence-electron chi connectivity index (χ3n) is 3.19. The Bertz CT molecular complexity index is 810. The minimum absolute atomic E-state index is 0.104. The lowest BCUT2D eigenvalue weighted by molar-refractivity contribution is -0.111. The van der Waals surface area contributed by atoms with E-state index in [2.05, 4.69) is 10.3 Å². The summed E-state index contributed by atoms with van der Waals surface area (Å²) in [5.74, 6) is 0.487. The first-order valence-corrected chi connectivity index (χ1v) is 7.76. The Kier molecular flexibility index (Phi) is 4.12. The highest BCUT2D eigenvalue weighted by Gasteiger charge is 2.19. The quantitative estimate of drug-likeness (QED) is 0.689. The van der Waals surface area contributed by atoms with Crippen molar-refractivity contribution in [3.8, 4) is 11.5 Å². The molecule has 0 fully saturated rings. The average molecular weight is 330 g/mol. The lowest BCUT2D eigenvalue weighted by Gasteiger charge is -2.09. The minimum atomic E-state index is -0.350. The molecule has 0 aliphatic carbocycles. The Morgan fingerprint density at radius 1 is 1.30 bits per heavy atom. The number of thiazole rings is 1. The Hall–Kier alpha value is -2.67. The number of rotatable bonds is 4. The number of benzene rings is 1. The van der Waals surface area contributed by atoms with Gasteiger partial charge in [0.05, 0.1) is 16.4 Å². The molecule has 2 heterocycles. The smallest absolute Gasteiger partial charge is 0.248 e. The molecule has 1 aliphatic heterocycles. The zero-order valence-corrected chi connectivity index (χ0v) is 13.4. The molecule has 1 aromatic carbocycles. The summed E-state index contributed by atoms with van der Waals surface area (Å²) in [4.78, 5) is 28.1. The van der Waals surface area contributed by atoms with Crippen LogP contribution >= 0.6 is 11.3 Å². The van der Waals surface area contributed by atoms with Gasteiger partial charge in [0.25, 0.3) is 0 Å². The summed E-state index contributed by atoms with van der Waals surface area (Å²) in [6.45, 7) is 3.43. The van der Waals surface area contributed by atoms with E-state index in [1.54, 1.807) is 18.2 Å². The van der Waals surface area contributed by atoms with Crippen LogP contribution in [-0.4, -0.2) is 23.5 Å². The molecule has 7 heteroatoms. The van der Waals surface area contributed by atoms with E-state index >= 15 is 0 Å². The van der Waals surface area contributed by atoms with Crippen molar-refractivity contribution < 1.29 is 19.1 Å². The molecule has 0 saturated carbocycles. The molecule has 23 heavy (non-hydrogen) atoms. The van der Waals surface area contributed by atoms with Crippen LogP contribution in [0.5, 0.6) is 11.5 Å². The molecule has 1 amide bonds. The molecule has 0 unspecified atom stereocenters. The number of anilines is 1. The van der Waals surface area contributed by atoms with Gasteiger partial charge in [0.2, 0.25) is 12.7 Å². The zero-order valence-electron chi connectivity index (χ0n) is 12.6. The second kappa shape index (κ2) is 6.21. The Balaban J connectivity index is 1.80. The highest BCUT2D eigenvalue weighted by molar-refractivity contribution is 7.09. The molecule has 0 bridgehead atoms. The van der Waals surface area contributed by atoms with Crippen molar-refractivity contribution in [1.29, 1.82) is 0 Å². The maximum Gasteiger partial charge on any atom is 0.248 e. The van der Waals surface area contributed by atoms with Crippen LogP contribution in [0.15, 0.2) is 23.6 Å². The Morgan fingerprint density at radius 2 is 2.04 bits per heavy atom. The summed E-state index contributed by atoms with van der Waals surface area (Å²) in [5, 5.41) is 5.48. The van der Waals surface area contributed by atoms with E-state index in [9.17, 15) is 9.59 Å². The number of ether oxygens (including phenoxy) is 2. The summed E-state index contributed by atoms with van der Waals surface area (Å²) >= 11 is 1.51. The largest absolute Gasteiger partial charge is 0.454 e. The number of nitrogens with one attached hydrogen (secondary N) is 1. The second-order valence-electron chi connectivity index (χ2n) is 4.92. The van der Waals surface area contributed by atoms with E-state index in [4.69, 9.17) is 9.47 Å². The number of nitrogens with zero attached hydrogens (tertiary/aromatic N) is 1. The summed E-state index contributed by atoms with van der Waals surface area (Å²) in [7, 11) is 0. The first-order chi connectivity index (χ1) is 11.0. The number of amides is 1. The number of aromatic nitrogens is 1. The highest BCUT2D eigenvalue weighted by Crippen LogP contribution is 2.37. The monoisotopic (exact) mass is 330 g/mol. The van der Waals surface area contributed by atoms with Crippen LogP contribution in [0.4, 0.5) is 5.69 Å². The topological polar surface area (TPSA) is 77.5 Å². The van der Waals surface area contributed by atoms with Gasteiger partial charge in [0.15, 0.2) is 17.3 Å². The summed E-state index contributed by atoms with van der Waals surface area (Å²) in [6, 6.07) is 3.17. The fraction of sp³-hybridized carbons (Fsp3) is 0.188. The van der Waals surface area contributed by atoms with Crippen molar-refractivity contribution in [3.63, 3.8) is 0 Å². The van der Waals surface area contributed by atoms with Crippen molar-refractivity contribution in [2.75, 3.05) is 12.1 Å². The van der Waals surface area contributed by atoms with E-state index in [0.717, 1.165) is 10.7 Å². The summed E-state index contributed by atoms with van der Waals surface area (Å²) < 4.78 is 10.5. The van der Waals surface area contributed by atoms with Crippen LogP contribution in [0.3, 0.4) is 0 Å². The van der Waals surface area contributed by atoms with Gasteiger partial charge in [0, 0.05) is 23.1 Å². The van der Waals surface area contributed by atoms with Crippen LogP contribution in [0.1, 0.15) is 28.0 Å². The first-order valence-electron chi connectivity index (χ1n) is 6.88. The van der Waals surface area contributed by atoms with Crippen molar-refractivity contribution in [3.05, 3.63) is 39.9 Å². The Labute approximate surface area is 136 Å². The van der Waals surface area contributed by atoms with Crippen LogP contribution in [0, 0.1) is 6.92 Å². The fourth-order valence-electron chi connectivity index (χ4n) is 2.13. The van der Waals surface area contributed by atoms with Crippen LogP contribution in [-0.2, 0) is 4.79 Å². The van der Waals surface area contributed by atoms with Gasteiger partial charge in [-0.05, 0) is 26.0 Å². The lowest BCUT2D eigenvalue weighted by Crippen LogP contribution is -2.11. The molecular formula is C16H14N2O4S. The van der Waals surface area contributed by atoms with Gasteiger partial charge < -0.3 is 14.8 Å². The van der Waals surface area contributed by atoms with Gasteiger partial charge in [-0.2, -0.15) is 0 Å². The van der Waals surface area contributed by atoms with E-state index in [0.29, 0.717) is 22.7 Å². The van der Waals surface area contributed by atoms with Gasteiger partial charge in [0.1, 0.15) is 0 Å². The van der Waals surface area contributed by atoms with Crippen LogP contribution in [0.25, 0.3) is 6.08 Å².